The zero-order chi connectivity index (χ0) is 29.7. The maximum absolute atomic E-state index is 14.1. The van der Waals surface area contributed by atoms with Crippen molar-refractivity contribution in [1.29, 1.82) is 0 Å². The Morgan fingerprint density at radius 1 is 0.854 bits per heavy atom. The summed E-state index contributed by atoms with van der Waals surface area (Å²) in [6.07, 6.45) is -1.51. The molecule has 10 heteroatoms. The molecule has 216 valence electrons. The average molecular weight is 585 g/mol. The maximum atomic E-state index is 14.1. The summed E-state index contributed by atoms with van der Waals surface area (Å²) in [6.45, 7) is 9.86. The Hall–Kier alpha value is -3.69. The molecule has 4 aromatic rings. The van der Waals surface area contributed by atoms with Crippen LogP contribution in [0.3, 0.4) is 0 Å². The molecule has 1 fully saturated rings. The molecule has 0 radical (unpaired) electrons. The van der Waals surface area contributed by atoms with E-state index in [1.165, 1.54) is 15.2 Å². The quantitative estimate of drug-likeness (QED) is 0.286. The predicted molar refractivity (Wildman–Crippen MR) is 157 cm³/mol. The molecule has 0 unspecified atom stereocenters. The summed E-state index contributed by atoms with van der Waals surface area (Å²) < 4.78 is 44.9. The third-order valence-electron chi connectivity index (χ3n) is 7.65. The van der Waals surface area contributed by atoms with Gasteiger partial charge in [0.25, 0.3) is 0 Å². The Kier molecular flexibility index (Phi) is 7.46. The molecule has 6 nitrogen and oxygen atoms in total. The smallest absolute Gasteiger partial charge is 0.416 e. The number of alkyl halides is 3. The lowest BCUT2D eigenvalue weighted by molar-refractivity contribution is -0.137. The fourth-order valence-corrected chi connectivity index (χ4v) is 5.53. The minimum absolute atomic E-state index is 0.00659. The zero-order valence-electron chi connectivity index (χ0n) is 23.3. The summed E-state index contributed by atoms with van der Waals surface area (Å²) in [5, 5.41) is 11.5. The Morgan fingerprint density at radius 3 is 2.02 bits per heavy atom. The molecule has 0 bridgehead atoms. The number of aromatic hydroxyl groups is 1. The highest BCUT2D eigenvalue weighted by Crippen LogP contribution is 2.44. The first kappa shape index (κ1) is 28.8. The second-order valence-electron chi connectivity index (χ2n) is 11.3. The van der Waals surface area contributed by atoms with Gasteiger partial charge in [-0.15, -0.1) is 0 Å². The van der Waals surface area contributed by atoms with E-state index < -0.39 is 11.7 Å². The maximum Gasteiger partial charge on any atom is 0.416 e. The van der Waals surface area contributed by atoms with Crippen LogP contribution in [-0.2, 0) is 13.2 Å². The number of piperazine rings is 1. The number of rotatable bonds is 4. The molecule has 0 aliphatic carbocycles. The van der Waals surface area contributed by atoms with Gasteiger partial charge in [0, 0.05) is 68.0 Å². The molecule has 2 heterocycles. The lowest BCUT2D eigenvalue weighted by atomic mass is 9.93. The van der Waals surface area contributed by atoms with Crippen LogP contribution in [0.1, 0.15) is 26.3 Å². The number of aromatic nitrogens is 2. The monoisotopic (exact) mass is 584 g/mol. The third-order valence-corrected chi connectivity index (χ3v) is 7.96. The summed E-state index contributed by atoms with van der Waals surface area (Å²) in [5.74, 6) is -0.284. The van der Waals surface area contributed by atoms with Gasteiger partial charge in [0.05, 0.1) is 16.3 Å². The number of halogens is 4. The second-order valence-corrected chi connectivity index (χ2v) is 11.7. The first-order valence-electron chi connectivity index (χ1n) is 13.3. The van der Waals surface area contributed by atoms with Crippen LogP contribution in [0.2, 0.25) is 5.02 Å². The highest BCUT2D eigenvalue weighted by Gasteiger charge is 2.33. The van der Waals surface area contributed by atoms with Gasteiger partial charge in [-0.1, -0.05) is 29.8 Å². The Labute approximate surface area is 241 Å². The van der Waals surface area contributed by atoms with E-state index >= 15 is 0 Å². The SMILES string of the molecule is Cn1ccn(-c2ccc(-c3cc(C(F)(F)F)cc(-c4cccc(N5CCN(C(C)(C)C)CC5)c4)c3O)cc2Cl)c1=O. The van der Waals surface area contributed by atoms with E-state index in [4.69, 9.17) is 11.6 Å². The summed E-state index contributed by atoms with van der Waals surface area (Å²) in [5.41, 5.74) is 0.963. The van der Waals surface area contributed by atoms with Crippen LogP contribution >= 0.6 is 11.6 Å². The van der Waals surface area contributed by atoms with Gasteiger partial charge in [-0.3, -0.25) is 9.47 Å². The first-order chi connectivity index (χ1) is 19.2. The van der Waals surface area contributed by atoms with Gasteiger partial charge >= 0.3 is 11.9 Å². The van der Waals surface area contributed by atoms with Gasteiger partial charge in [0.2, 0.25) is 0 Å². The fraction of sp³-hybridized carbons (Fsp3) is 0.323. The van der Waals surface area contributed by atoms with Crippen LogP contribution in [-0.4, -0.2) is 50.9 Å². The van der Waals surface area contributed by atoms with E-state index in [0.717, 1.165) is 44.0 Å². The van der Waals surface area contributed by atoms with E-state index in [1.807, 2.05) is 12.1 Å². The van der Waals surface area contributed by atoms with Crippen LogP contribution in [0.25, 0.3) is 27.9 Å². The van der Waals surface area contributed by atoms with E-state index in [9.17, 15) is 23.1 Å². The molecule has 5 rings (SSSR count). The third kappa shape index (κ3) is 5.74. The van der Waals surface area contributed by atoms with E-state index in [2.05, 4.69) is 30.6 Å². The van der Waals surface area contributed by atoms with Crippen molar-refractivity contribution in [2.24, 2.45) is 7.05 Å². The van der Waals surface area contributed by atoms with Crippen molar-refractivity contribution in [3.63, 3.8) is 0 Å². The molecule has 0 spiro atoms. The standard InChI is InChI=1S/C31H32ClF3N4O2/c1-30(2,3)38-13-11-37(12-14-38)23-7-5-6-20(16-23)24-18-22(31(33,34)35)19-25(28(24)40)21-8-9-27(26(32)17-21)39-15-10-36(4)29(39)41/h5-10,15-19,40H,11-14H2,1-4H3. The largest absolute Gasteiger partial charge is 0.507 e. The first-order valence-corrected chi connectivity index (χ1v) is 13.7. The van der Waals surface area contributed by atoms with Gasteiger partial charge < -0.3 is 14.6 Å². The van der Waals surface area contributed by atoms with Crippen molar-refractivity contribution in [1.82, 2.24) is 14.0 Å². The average Bonchev–Trinajstić information content (AvgIpc) is 3.25. The molecule has 3 aromatic carbocycles. The van der Waals surface area contributed by atoms with Crippen molar-refractivity contribution in [3.8, 4) is 33.7 Å². The molecule has 41 heavy (non-hydrogen) atoms. The summed E-state index contributed by atoms with van der Waals surface area (Å²) in [4.78, 5) is 17.0. The number of phenols is 1. The Morgan fingerprint density at radius 2 is 1.49 bits per heavy atom. The summed E-state index contributed by atoms with van der Waals surface area (Å²) in [7, 11) is 1.60. The van der Waals surface area contributed by atoms with Crippen LogP contribution in [0.5, 0.6) is 5.75 Å². The van der Waals surface area contributed by atoms with Crippen molar-refractivity contribution in [2.75, 3.05) is 31.1 Å². The van der Waals surface area contributed by atoms with Crippen LogP contribution in [0.15, 0.2) is 71.8 Å². The normalized spacial score (nSPS) is 15.0. The van der Waals surface area contributed by atoms with Crippen LogP contribution in [0, 0.1) is 0 Å². The molecule has 1 saturated heterocycles. The van der Waals surface area contributed by atoms with Gasteiger partial charge in [-0.2, -0.15) is 13.2 Å². The summed E-state index contributed by atoms with van der Waals surface area (Å²) >= 11 is 6.50. The number of imidazole rings is 1. The molecule has 0 saturated carbocycles. The highest BCUT2D eigenvalue weighted by molar-refractivity contribution is 6.32. The number of hydrogen-bond acceptors (Lipinski definition) is 4. The molecule has 1 aliphatic rings. The molecule has 1 aromatic heterocycles. The van der Waals surface area contributed by atoms with E-state index in [0.29, 0.717) is 16.8 Å². The van der Waals surface area contributed by atoms with Crippen LogP contribution in [0.4, 0.5) is 18.9 Å². The van der Waals surface area contributed by atoms with E-state index in [-0.39, 0.29) is 33.1 Å². The molecule has 1 N–H and O–H groups in total. The highest BCUT2D eigenvalue weighted by atomic mass is 35.5. The molecular formula is C31H32ClF3N4O2. The van der Waals surface area contributed by atoms with Crippen molar-refractivity contribution in [3.05, 3.63) is 88.1 Å². The lowest BCUT2D eigenvalue weighted by Gasteiger charge is -2.43. The topological polar surface area (TPSA) is 53.6 Å². The number of nitrogens with zero attached hydrogens (tertiary/aromatic N) is 4. The van der Waals surface area contributed by atoms with Crippen molar-refractivity contribution < 1.29 is 18.3 Å². The lowest BCUT2D eigenvalue weighted by Crippen LogP contribution is -2.53. The number of hydrogen-bond donors (Lipinski definition) is 1. The van der Waals surface area contributed by atoms with Gasteiger partial charge in [-0.25, -0.2) is 4.79 Å². The second kappa shape index (κ2) is 10.6. The fourth-order valence-electron chi connectivity index (χ4n) is 5.26. The number of aryl methyl sites for hydroxylation is 1. The number of benzene rings is 3. The van der Waals surface area contributed by atoms with Crippen molar-refractivity contribution in [2.45, 2.75) is 32.5 Å². The van der Waals surface area contributed by atoms with Crippen LogP contribution < -0.4 is 10.6 Å². The molecular weight excluding hydrogens is 553 g/mol. The van der Waals surface area contributed by atoms with E-state index in [1.54, 1.807) is 43.7 Å². The molecule has 1 aliphatic heterocycles. The minimum Gasteiger partial charge on any atom is -0.507 e. The van der Waals surface area contributed by atoms with Crippen molar-refractivity contribution >= 4 is 17.3 Å². The van der Waals surface area contributed by atoms with Gasteiger partial charge in [0.15, 0.2) is 0 Å². The molecule has 0 atom stereocenters. The zero-order valence-corrected chi connectivity index (χ0v) is 24.1. The Bertz CT molecular complexity index is 1640. The summed E-state index contributed by atoms with van der Waals surface area (Å²) in [6, 6.07) is 13.7. The Balaban J connectivity index is 1.55. The van der Waals surface area contributed by atoms with Gasteiger partial charge in [-0.05, 0) is 68.3 Å². The number of anilines is 1. The molecule has 0 amide bonds. The number of phenolic OH excluding ortho intramolecular Hbond substituents is 1. The predicted octanol–water partition coefficient (Wildman–Crippen LogP) is 6.81. The minimum atomic E-state index is -4.64. The van der Waals surface area contributed by atoms with Gasteiger partial charge in [0.1, 0.15) is 5.75 Å².